The number of hydrogen-bond donors (Lipinski definition) is 11. The summed E-state index contributed by atoms with van der Waals surface area (Å²) in [5.74, 6) is -1.47. The van der Waals surface area contributed by atoms with Gasteiger partial charge in [-0.3, -0.25) is 14.9 Å². The van der Waals surface area contributed by atoms with Crippen LogP contribution in [0.5, 0.6) is 0 Å². The molecule has 0 radical (unpaired) electrons. The Hall–Kier alpha value is -4.36. The lowest BCUT2D eigenvalue weighted by Gasteiger charge is -2.26. The number of carbonyl (C=O) groups is 4. The monoisotopic (exact) mass is 837 g/mol. The Morgan fingerprint density at radius 3 is 1.32 bits per heavy atom. The zero-order valence-electron chi connectivity index (χ0n) is 36.4. The SMILES string of the molecule is CCCC(NC(=O)OC(C)(C)C)C(O)C(=O)NCC(O)O.CCCC(NC(=O)OC(C)(C)C)C(O)C(=O)NC[C@@H](O)N[C@H](C)c1ccccc1.C[C@@H](N)c1ccccc1. The molecule has 17 nitrogen and oxygen atoms in total. The van der Waals surface area contributed by atoms with Crippen LogP contribution in [-0.2, 0) is 19.1 Å². The number of benzene rings is 2. The quantitative estimate of drug-likeness (QED) is 0.0966. The Morgan fingerprint density at radius 2 is 1.00 bits per heavy atom. The van der Waals surface area contributed by atoms with Gasteiger partial charge in [-0.15, -0.1) is 0 Å². The van der Waals surface area contributed by atoms with Gasteiger partial charge >= 0.3 is 12.2 Å². The lowest BCUT2D eigenvalue weighted by molar-refractivity contribution is -0.133. The van der Waals surface area contributed by atoms with Gasteiger partial charge in [0.05, 0.1) is 25.2 Å². The summed E-state index contributed by atoms with van der Waals surface area (Å²) in [6.07, 6.45) is -5.02. The molecule has 0 bridgehead atoms. The summed E-state index contributed by atoms with van der Waals surface area (Å²) in [6, 6.07) is 18.1. The van der Waals surface area contributed by atoms with Gasteiger partial charge in [0.2, 0.25) is 0 Å². The van der Waals surface area contributed by atoms with E-state index < -0.39 is 78.6 Å². The molecule has 0 aliphatic heterocycles. The lowest BCUT2D eigenvalue weighted by Crippen LogP contribution is -2.53. The Labute approximate surface area is 349 Å². The van der Waals surface area contributed by atoms with Crippen LogP contribution in [0.3, 0.4) is 0 Å². The number of aliphatic hydroxyl groups is 5. The molecule has 0 aliphatic carbocycles. The number of nitrogens with two attached hydrogens (primary N) is 1. The summed E-state index contributed by atoms with van der Waals surface area (Å²) in [5, 5.41) is 60.4. The first-order valence-electron chi connectivity index (χ1n) is 20.0. The molecule has 0 aliphatic rings. The summed E-state index contributed by atoms with van der Waals surface area (Å²) < 4.78 is 10.3. The number of alkyl carbamates (subject to hydrolysis) is 2. The molecule has 2 aromatic carbocycles. The Morgan fingerprint density at radius 1 is 0.627 bits per heavy atom. The van der Waals surface area contributed by atoms with E-state index in [2.05, 4.69) is 26.6 Å². The predicted molar refractivity (Wildman–Crippen MR) is 225 cm³/mol. The zero-order chi connectivity index (χ0) is 45.3. The van der Waals surface area contributed by atoms with Crippen molar-refractivity contribution in [3.05, 3.63) is 71.8 Å². The molecule has 17 heteroatoms. The maximum absolute atomic E-state index is 12.3. The van der Waals surface area contributed by atoms with Gasteiger partial charge in [-0.2, -0.15) is 0 Å². The van der Waals surface area contributed by atoms with E-state index in [-0.39, 0.29) is 18.6 Å². The Kier molecular flexibility index (Phi) is 26.1. The van der Waals surface area contributed by atoms with Gasteiger partial charge in [-0.1, -0.05) is 87.4 Å². The van der Waals surface area contributed by atoms with Crippen molar-refractivity contribution in [3.8, 4) is 0 Å². The van der Waals surface area contributed by atoms with Crippen LogP contribution in [0.2, 0.25) is 0 Å². The van der Waals surface area contributed by atoms with Gasteiger partial charge in [-0.25, -0.2) is 9.59 Å². The molecule has 12 N–H and O–H groups in total. The average Bonchev–Trinajstić information content (AvgIpc) is 3.14. The summed E-state index contributed by atoms with van der Waals surface area (Å²) in [5.41, 5.74) is 6.44. The number of aliphatic hydroxyl groups excluding tert-OH is 4. The topological polar surface area (TPSA) is 274 Å². The Balaban J connectivity index is 0.000000970. The second-order valence-corrected chi connectivity index (χ2v) is 16.0. The van der Waals surface area contributed by atoms with Crippen LogP contribution in [0.15, 0.2) is 60.7 Å². The fourth-order valence-corrected chi connectivity index (χ4v) is 5.06. The van der Waals surface area contributed by atoms with Crippen molar-refractivity contribution in [1.82, 2.24) is 26.6 Å². The van der Waals surface area contributed by atoms with Gasteiger partial charge in [0.15, 0.2) is 18.5 Å². The maximum atomic E-state index is 12.3. The van der Waals surface area contributed by atoms with E-state index in [0.717, 1.165) is 5.56 Å². The fourth-order valence-electron chi connectivity index (χ4n) is 5.06. The van der Waals surface area contributed by atoms with Crippen molar-refractivity contribution >= 4 is 24.0 Å². The van der Waals surface area contributed by atoms with Crippen LogP contribution >= 0.6 is 0 Å². The molecule has 2 aromatic rings. The molecule has 0 heterocycles. The van der Waals surface area contributed by atoms with Gasteiger partial charge in [-0.05, 0) is 79.4 Å². The van der Waals surface area contributed by atoms with Crippen molar-refractivity contribution in [2.45, 2.75) is 155 Å². The molecule has 0 saturated heterocycles. The number of carbonyl (C=O) groups excluding carboxylic acids is 4. The van der Waals surface area contributed by atoms with Crippen LogP contribution in [0.25, 0.3) is 0 Å². The number of ether oxygens (including phenoxy) is 2. The summed E-state index contributed by atoms with van der Waals surface area (Å²) in [7, 11) is 0. The van der Waals surface area contributed by atoms with Gasteiger partial charge in [0.25, 0.3) is 11.8 Å². The molecule has 336 valence electrons. The van der Waals surface area contributed by atoms with Crippen molar-refractivity contribution in [2.75, 3.05) is 13.1 Å². The normalized spacial score (nSPS) is 14.9. The molecule has 0 aromatic heterocycles. The second-order valence-electron chi connectivity index (χ2n) is 16.0. The highest BCUT2D eigenvalue weighted by molar-refractivity contribution is 5.82. The highest BCUT2D eigenvalue weighted by Gasteiger charge is 2.30. The summed E-state index contributed by atoms with van der Waals surface area (Å²) in [6.45, 7) is 17.4. The molecule has 59 heavy (non-hydrogen) atoms. The van der Waals surface area contributed by atoms with E-state index in [4.69, 9.17) is 25.4 Å². The molecule has 0 saturated carbocycles. The predicted octanol–water partition coefficient (Wildman–Crippen LogP) is 3.00. The van der Waals surface area contributed by atoms with E-state index >= 15 is 0 Å². The third-order valence-corrected chi connectivity index (χ3v) is 7.90. The molecule has 0 spiro atoms. The average molecular weight is 837 g/mol. The maximum Gasteiger partial charge on any atom is 0.407 e. The van der Waals surface area contributed by atoms with Gasteiger partial charge in [0.1, 0.15) is 17.4 Å². The molecule has 0 fully saturated rings. The lowest BCUT2D eigenvalue weighted by atomic mass is 10.1. The van der Waals surface area contributed by atoms with Crippen LogP contribution < -0.4 is 32.3 Å². The van der Waals surface area contributed by atoms with Crippen LogP contribution in [0.1, 0.15) is 118 Å². The van der Waals surface area contributed by atoms with Crippen molar-refractivity contribution < 1.29 is 54.2 Å². The van der Waals surface area contributed by atoms with Gasteiger partial charge in [0, 0.05) is 12.1 Å². The summed E-state index contributed by atoms with van der Waals surface area (Å²) in [4.78, 5) is 47.6. The van der Waals surface area contributed by atoms with Crippen molar-refractivity contribution in [1.29, 1.82) is 0 Å². The summed E-state index contributed by atoms with van der Waals surface area (Å²) >= 11 is 0. The third-order valence-electron chi connectivity index (χ3n) is 7.90. The largest absolute Gasteiger partial charge is 0.444 e. The van der Waals surface area contributed by atoms with E-state index in [1.165, 1.54) is 5.56 Å². The van der Waals surface area contributed by atoms with Crippen molar-refractivity contribution in [3.63, 3.8) is 0 Å². The minimum absolute atomic E-state index is 0.0850. The van der Waals surface area contributed by atoms with E-state index in [9.17, 15) is 34.5 Å². The first-order chi connectivity index (χ1) is 27.4. The van der Waals surface area contributed by atoms with Crippen LogP contribution in [0, 0.1) is 0 Å². The number of rotatable bonds is 18. The first-order valence-corrected chi connectivity index (χ1v) is 20.0. The van der Waals surface area contributed by atoms with E-state index in [1.54, 1.807) is 41.5 Å². The minimum Gasteiger partial charge on any atom is -0.444 e. The molecule has 4 unspecified atom stereocenters. The standard InChI is InChI=1S/C21H35N3O5.C13H26N2O6.C8H11N/c1-6-10-16(24-20(28)29-21(3,4)5)18(26)19(27)22-13-17(25)23-14(2)15-11-8-7-9-12-15;1-5-6-8(15-12(20)21-13(2,3)4)10(18)11(19)14-7-9(16)17;1-7(9)8-5-3-2-4-6-8/h7-9,11-12,14,16-18,23,25-26H,6,10,13H2,1-5H3,(H,22,27)(H,24,28);8-10,16-18H,5-7H2,1-4H3,(H,14,19)(H,15,20);2-7H,9H2,1H3/t14-,16?,17-,18?;;7-/m1.1/s1. The number of hydrogen-bond acceptors (Lipinski definition) is 13. The van der Waals surface area contributed by atoms with E-state index in [0.29, 0.717) is 25.7 Å². The fraction of sp³-hybridized carbons (Fsp3) is 0.619. The Bertz CT molecular complexity index is 1470. The highest BCUT2D eigenvalue weighted by Crippen LogP contribution is 2.13. The van der Waals surface area contributed by atoms with Crippen molar-refractivity contribution in [2.24, 2.45) is 5.73 Å². The van der Waals surface area contributed by atoms with Crippen LogP contribution in [0.4, 0.5) is 9.59 Å². The molecule has 4 amide bonds. The molecular weight excluding hydrogens is 764 g/mol. The zero-order valence-corrected chi connectivity index (χ0v) is 36.4. The number of nitrogens with one attached hydrogen (secondary N) is 5. The first kappa shape index (κ1) is 54.6. The van der Waals surface area contributed by atoms with Crippen LogP contribution in [-0.4, -0.2) is 111 Å². The van der Waals surface area contributed by atoms with Gasteiger partial charge < -0.3 is 62.0 Å². The van der Waals surface area contributed by atoms with E-state index in [1.807, 2.05) is 88.4 Å². The molecular formula is C42H72N6O11. The minimum atomic E-state index is -1.70. The number of amides is 4. The smallest absolute Gasteiger partial charge is 0.407 e. The second kappa shape index (κ2) is 28.2. The highest BCUT2D eigenvalue weighted by atomic mass is 16.6. The molecule has 2 rings (SSSR count). The molecule has 7 atom stereocenters. The third kappa shape index (κ3) is 26.4.